The summed E-state index contributed by atoms with van der Waals surface area (Å²) in [6.07, 6.45) is 1.78. The quantitative estimate of drug-likeness (QED) is 0.313. The van der Waals surface area contributed by atoms with Gasteiger partial charge in [-0.1, -0.05) is 36.4 Å². The molecule has 0 aliphatic carbocycles. The van der Waals surface area contributed by atoms with Gasteiger partial charge in [-0.15, -0.1) is 0 Å². The molecular weight excluding hydrogens is 483 g/mol. The van der Waals surface area contributed by atoms with E-state index in [4.69, 9.17) is 9.41 Å². The van der Waals surface area contributed by atoms with E-state index in [0.717, 1.165) is 26.3 Å². The fraction of sp³-hybridized carbons (Fsp3) is 0.0909. The van der Waals surface area contributed by atoms with Crippen LogP contribution >= 0.6 is 34.4 Å². The minimum Gasteiger partial charge on any atom is -0.451 e. The number of amidine groups is 1. The standard InChI is InChI=1S/C22H17IN2O2S/c1-14-7-3-5-9-17(14)24-22-25(18-10-6-4-8-15(18)2)21(26)19(28-22)13-16-11-12-20(23)27-16/h3-13H,1-2H3/b19-13+,24-22?. The summed E-state index contributed by atoms with van der Waals surface area (Å²) in [5.74, 6) is 0.556. The van der Waals surface area contributed by atoms with Crippen LogP contribution in [0.4, 0.5) is 11.4 Å². The zero-order chi connectivity index (χ0) is 19.7. The highest BCUT2D eigenvalue weighted by Gasteiger charge is 2.35. The van der Waals surface area contributed by atoms with Gasteiger partial charge in [-0.05, 0) is 83.6 Å². The number of anilines is 1. The summed E-state index contributed by atoms with van der Waals surface area (Å²) in [5, 5.41) is 0.640. The number of carbonyl (C=O) groups is 1. The van der Waals surface area contributed by atoms with Crippen molar-refractivity contribution in [3.8, 4) is 0 Å². The van der Waals surface area contributed by atoms with Gasteiger partial charge in [-0.25, -0.2) is 4.99 Å². The molecule has 0 bridgehead atoms. The SMILES string of the molecule is Cc1ccccc1N=C1S/C(=C/c2ccc(I)o2)C(=O)N1c1ccccc1C. The van der Waals surface area contributed by atoms with E-state index in [9.17, 15) is 4.79 Å². The van der Waals surface area contributed by atoms with E-state index in [1.807, 2.05) is 74.5 Å². The second kappa shape index (κ2) is 7.97. The first kappa shape index (κ1) is 19.0. The first-order valence-corrected chi connectivity index (χ1v) is 10.6. The molecule has 3 aromatic rings. The van der Waals surface area contributed by atoms with Crippen molar-refractivity contribution in [3.63, 3.8) is 0 Å². The molecule has 0 unspecified atom stereocenters. The molecule has 1 saturated heterocycles. The van der Waals surface area contributed by atoms with Gasteiger partial charge >= 0.3 is 0 Å². The number of hydrogen-bond donors (Lipinski definition) is 0. The van der Waals surface area contributed by atoms with Gasteiger partial charge in [0.15, 0.2) is 8.93 Å². The summed E-state index contributed by atoms with van der Waals surface area (Å²) in [7, 11) is 0. The molecule has 0 atom stereocenters. The average Bonchev–Trinajstić information content (AvgIpc) is 3.21. The van der Waals surface area contributed by atoms with Crippen molar-refractivity contribution >= 4 is 62.9 Å². The van der Waals surface area contributed by atoms with E-state index in [0.29, 0.717) is 15.8 Å². The monoisotopic (exact) mass is 500 g/mol. The molecule has 1 aromatic heterocycles. The van der Waals surface area contributed by atoms with Crippen LogP contribution in [0.5, 0.6) is 0 Å². The number of benzene rings is 2. The molecule has 6 heteroatoms. The minimum absolute atomic E-state index is 0.0990. The number of aliphatic imine (C=N–C) groups is 1. The molecule has 0 radical (unpaired) electrons. The van der Waals surface area contributed by atoms with E-state index in [1.165, 1.54) is 11.8 Å². The van der Waals surface area contributed by atoms with Gasteiger partial charge in [0.1, 0.15) is 5.76 Å². The van der Waals surface area contributed by atoms with E-state index in [2.05, 4.69) is 22.6 Å². The van der Waals surface area contributed by atoms with Crippen molar-refractivity contribution in [1.29, 1.82) is 0 Å². The Kier molecular flexibility index (Phi) is 5.41. The second-order valence-electron chi connectivity index (χ2n) is 6.36. The van der Waals surface area contributed by atoms with Crippen LogP contribution in [0.1, 0.15) is 16.9 Å². The van der Waals surface area contributed by atoms with Crippen LogP contribution in [0.2, 0.25) is 0 Å². The van der Waals surface area contributed by atoms with Gasteiger partial charge in [0.2, 0.25) is 0 Å². The molecule has 4 rings (SSSR count). The smallest absolute Gasteiger partial charge is 0.271 e. The molecule has 1 aliphatic heterocycles. The Labute approximate surface area is 181 Å². The van der Waals surface area contributed by atoms with Crippen LogP contribution in [0, 0.1) is 17.6 Å². The average molecular weight is 500 g/mol. The Hall–Kier alpha value is -2.32. The number of furan rings is 1. The molecular formula is C22H17IN2O2S. The van der Waals surface area contributed by atoms with E-state index < -0.39 is 0 Å². The summed E-state index contributed by atoms with van der Waals surface area (Å²) >= 11 is 3.47. The predicted molar refractivity (Wildman–Crippen MR) is 124 cm³/mol. The molecule has 1 fully saturated rings. The number of nitrogens with zero attached hydrogens (tertiary/aromatic N) is 2. The van der Waals surface area contributed by atoms with Crippen LogP contribution in [0.15, 0.2) is 75.0 Å². The predicted octanol–water partition coefficient (Wildman–Crippen LogP) is 6.31. The minimum atomic E-state index is -0.0990. The fourth-order valence-electron chi connectivity index (χ4n) is 2.90. The van der Waals surface area contributed by atoms with Crippen LogP contribution in [0.3, 0.4) is 0 Å². The molecule has 0 spiro atoms. The van der Waals surface area contributed by atoms with Crippen molar-refractivity contribution in [2.75, 3.05) is 4.90 Å². The highest BCUT2D eigenvalue weighted by molar-refractivity contribution is 14.1. The Bertz CT molecular complexity index is 1120. The number of halogens is 1. The number of aryl methyl sites for hydroxylation is 2. The lowest BCUT2D eigenvalue weighted by Gasteiger charge is -2.18. The molecule has 140 valence electrons. The lowest BCUT2D eigenvalue weighted by atomic mass is 10.2. The van der Waals surface area contributed by atoms with Gasteiger partial charge < -0.3 is 4.42 Å². The Balaban J connectivity index is 1.82. The number of thioether (sulfide) groups is 1. The number of hydrogen-bond acceptors (Lipinski definition) is 4. The third-order valence-electron chi connectivity index (χ3n) is 4.36. The summed E-state index contributed by atoms with van der Waals surface area (Å²) in [5.41, 5.74) is 3.77. The van der Waals surface area contributed by atoms with E-state index in [1.54, 1.807) is 11.0 Å². The molecule has 1 aliphatic rings. The Morgan fingerprint density at radius 2 is 1.71 bits per heavy atom. The van der Waals surface area contributed by atoms with Crippen LogP contribution in [0.25, 0.3) is 6.08 Å². The summed E-state index contributed by atoms with van der Waals surface area (Å²) in [6, 6.07) is 19.5. The highest BCUT2D eigenvalue weighted by atomic mass is 127. The maximum atomic E-state index is 13.3. The molecule has 2 aromatic carbocycles. The van der Waals surface area contributed by atoms with Crippen molar-refractivity contribution < 1.29 is 9.21 Å². The van der Waals surface area contributed by atoms with Crippen molar-refractivity contribution in [2.45, 2.75) is 13.8 Å². The van der Waals surface area contributed by atoms with Crippen LogP contribution in [-0.2, 0) is 4.79 Å². The first-order valence-electron chi connectivity index (χ1n) is 8.72. The van der Waals surface area contributed by atoms with Gasteiger partial charge in [-0.3, -0.25) is 9.69 Å². The first-order chi connectivity index (χ1) is 13.5. The number of carbonyl (C=O) groups excluding carboxylic acids is 1. The summed E-state index contributed by atoms with van der Waals surface area (Å²) < 4.78 is 6.40. The topological polar surface area (TPSA) is 45.8 Å². The normalized spacial score (nSPS) is 17.1. The fourth-order valence-corrected chi connectivity index (χ4v) is 4.30. The lowest BCUT2D eigenvalue weighted by molar-refractivity contribution is -0.113. The largest absolute Gasteiger partial charge is 0.451 e. The molecule has 4 nitrogen and oxygen atoms in total. The second-order valence-corrected chi connectivity index (χ2v) is 8.43. The Morgan fingerprint density at radius 3 is 2.39 bits per heavy atom. The van der Waals surface area contributed by atoms with Crippen molar-refractivity contribution in [3.05, 3.63) is 86.2 Å². The molecule has 0 N–H and O–H groups in total. The highest BCUT2D eigenvalue weighted by Crippen LogP contribution is 2.38. The third kappa shape index (κ3) is 3.79. The van der Waals surface area contributed by atoms with Crippen LogP contribution in [-0.4, -0.2) is 11.1 Å². The van der Waals surface area contributed by atoms with Crippen molar-refractivity contribution in [1.82, 2.24) is 0 Å². The van der Waals surface area contributed by atoms with Gasteiger partial charge in [0, 0.05) is 6.08 Å². The number of para-hydroxylation sites is 2. The zero-order valence-corrected chi connectivity index (χ0v) is 18.3. The number of rotatable bonds is 3. The van der Waals surface area contributed by atoms with Crippen molar-refractivity contribution in [2.24, 2.45) is 4.99 Å². The molecule has 28 heavy (non-hydrogen) atoms. The van der Waals surface area contributed by atoms with E-state index >= 15 is 0 Å². The van der Waals surface area contributed by atoms with Gasteiger partial charge in [0.05, 0.1) is 16.3 Å². The summed E-state index contributed by atoms with van der Waals surface area (Å²) in [6.45, 7) is 4.01. The Morgan fingerprint density at radius 1 is 1.00 bits per heavy atom. The lowest BCUT2D eigenvalue weighted by Crippen LogP contribution is -2.29. The van der Waals surface area contributed by atoms with E-state index in [-0.39, 0.29) is 5.91 Å². The molecule has 1 amide bonds. The molecule has 2 heterocycles. The van der Waals surface area contributed by atoms with Crippen LogP contribution < -0.4 is 4.90 Å². The molecule has 0 saturated carbocycles. The third-order valence-corrected chi connectivity index (χ3v) is 5.91. The maximum absolute atomic E-state index is 13.3. The summed E-state index contributed by atoms with van der Waals surface area (Å²) in [4.78, 5) is 20.4. The number of amides is 1. The van der Waals surface area contributed by atoms with Gasteiger partial charge in [0.25, 0.3) is 5.91 Å². The zero-order valence-electron chi connectivity index (χ0n) is 15.3. The van der Waals surface area contributed by atoms with Gasteiger partial charge in [-0.2, -0.15) is 0 Å². The maximum Gasteiger partial charge on any atom is 0.271 e.